The fraction of sp³-hybridized carbons (Fsp3) is 0.625. The molecule has 1 heteroatoms. The molecule has 2 atom stereocenters. The Bertz CT molecular complexity index is 350. The van der Waals surface area contributed by atoms with Gasteiger partial charge in [0.25, 0.3) is 0 Å². The molecule has 2 rings (SSSR count). The van der Waals surface area contributed by atoms with E-state index in [1.165, 1.54) is 43.2 Å². The number of hydrogen-bond acceptors (Lipinski definition) is 1. The van der Waals surface area contributed by atoms with E-state index in [0.717, 1.165) is 5.92 Å². The minimum atomic E-state index is 0.711. The van der Waals surface area contributed by atoms with Crippen molar-refractivity contribution >= 4 is 0 Å². The molecule has 0 saturated heterocycles. The summed E-state index contributed by atoms with van der Waals surface area (Å²) in [5.41, 5.74) is 4.38. The van der Waals surface area contributed by atoms with E-state index in [9.17, 15) is 0 Å². The molecule has 0 bridgehead atoms. The second kappa shape index (κ2) is 5.68. The summed E-state index contributed by atoms with van der Waals surface area (Å²) in [4.78, 5) is 0. The zero-order chi connectivity index (χ0) is 12.3. The molecule has 0 heterocycles. The number of aryl methyl sites for hydroxylation is 2. The zero-order valence-electron chi connectivity index (χ0n) is 11.4. The van der Waals surface area contributed by atoms with Crippen LogP contribution < -0.4 is 5.32 Å². The highest BCUT2D eigenvalue weighted by atomic mass is 14.9. The van der Waals surface area contributed by atoms with Gasteiger partial charge >= 0.3 is 0 Å². The van der Waals surface area contributed by atoms with E-state index in [1.807, 2.05) is 0 Å². The maximum absolute atomic E-state index is 3.47. The lowest BCUT2D eigenvalue weighted by Gasteiger charge is -2.20. The molecule has 0 amide bonds. The average Bonchev–Trinajstić information content (AvgIpc) is 2.52. The predicted molar refractivity (Wildman–Crippen MR) is 74.6 cm³/mol. The summed E-state index contributed by atoms with van der Waals surface area (Å²) in [6.07, 6.45) is 6.78. The minimum absolute atomic E-state index is 0.711. The van der Waals surface area contributed by atoms with Crippen molar-refractivity contribution < 1.29 is 0 Å². The van der Waals surface area contributed by atoms with E-state index < -0.39 is 0 Å². The van der Waals surface area contributed by atoms with Crippen molar-refractivity contribution in [3.05, 3.63) is 34.9 Å². The average molecular weight is 231 g/mol. The highest BCUT2D eigenvalue weighted by Gasteiger charge is 2.20. The van der Waals surface area contributed by atoms with Crippen LogP contribution in [-0.2, 0) is 0 Å². The first-order chi connectivity index (χ1) is 8.19. The van der Waals surface area contributed by atoms with E-state index in [1.54, 1.807) is 5.56 Å². The van der Waals surface area contributed by atoms with Crippen molar-refractivity contribution in [3.63, 3.8) is 0 Å². The molecule has 1 aliphatic rings. The second-order valence-electron chi connectivity index (χ2n) is 5.62. The first-order valence-corrected chi connectivity index (χ1v) is 6.94. The molecule has 1 fully saturated rings. The quantitative estimate of drug-likeness (QED) is 0.760. The largest absolute Gasteiger partial charge is 0.317 e. The first kappa shape index (κ1) is 12.6. The van der Waals surface area contributed by atoms with Gasteiger partial charge in [-0.1, -0.05) is 42.2 Å². The Morgan fingerprint density at radius 1 is 1.00 bits per heavy atom. The molecule has 1 aliphatic carbocycles. The van der Waals surface area contributed by atoms with E-state index in [4.69, 9.17) is 0 Å². The van der Waals surface area contributed by atoms with Gasteiger partial charge in [0.15, 0.2) is 0 Å². The third-order valence-corrected chi connectivity index (χ3v) is 4.05. The summed E-state index contributed by atoms with van der Waals surface area (Å²) in [7, 11) is 2.11. The highest BCUT2D eigenvalue weighted by Crippen LogP contribution is 2.32. The summed E-state index contributed by atoms with van der Waals surface area (Å²) in [5.74, 6) is 0.758. The van der Waals surface area contributed by atoms with Crippen LogP contribution in [0.2, 0.25) is 0 Å². The highest BCUT2D eigenvalue weighted by molar-refractivity contribution is 5.31. The summed E-state index contributed by atoms with van der Waals surface area (Å²) >= 11 is 0. The van der Waals surface area contributed by atoms with Gasteiger partial charge in [-0.2, -0.15) is 0 Å². The van der Waals surface area contributed by atoms with Crippen molar-refractivity contribution in [1.29, 1.82) is 0 Å². The lowest BCUT2D eigenvalue weighted by Crippen LogP contribution is -2.25. The van der Waals surface area contributed by atoms with Gasteiger partial charge < -0.3 is 5.32 Å². The van der Waals surface area contributed by atoms with Gasteiger partial charge in [0.1, 0.15) is 0 Å². The van der Waals surface area contributed by atoms with Crippen LogP contribution in [0.15, 0.2) is 18.2 Å². The molecule has 0 spiro atoms. The molecular weight excluding hydrogens is 206 g/mol. The molecule has 1 saturated carbocycles. The third kappa shape index (κ3) is 3.32. The Labute approximate surface area is 106 Å². The molecule has 1 aromatic carbocycles. The van der Waals surface area contributed by atoms with Gasteiger partial charge in [-0.05, 0) is 51.6 Å². The van der Waals surface area contributed by atoms with Crippen molar-refractivity contribution in [2.75, 3.05) is 7.05 Å². The molecule has 1 aromatic rings. The molecule has 1 nitrogen and oxygen atoms in total. The van der Waals surface area contributed by atoms with Crippen LogP contribution in [0.4, 0.5) is 0 Å². The van der Waals surface area contributed by atoms with Crippen LogP contribution in [0.5, 0.6) is 0 Å². The van der Waals surface area contributed by atoms with Crippen molar-refractivity contribution in [3.8, 4) is 0 Å². The van der Waals surface area contributed by atoms with Gasteiger partial charge in [-0.3, -0.25) is 0 Å². The van der Waals surface area contributed by atoms with Crippen molar-refractivity contribution in [2.45, 2.75) is 57.9 Å². The van der Waals surface area contributed by atoms with Crippen molar-refractivity contribution in [2.24, 2.45) is 0 Å². The topological polar surface area (TPSA) is 12.0 Å². The smallest absolute Gasteiger partial charge is 0.00698 e. The molecule has 94 valence electrons. The number of benzene rings is 1. The van der Waals surface area contributed by atoms with E-state index >= 15 is 0 Å². The Balaban J connectivity index is 2.18. The Kier molecular flexibility index (Phi) is 4.22. The summed E-state index contributed by atoms with van der Waals surface area (Å²) in [6, 6.07) is 7.75. The lowest BCUT2D eigenvalue weighted by molar-refractivity contribution is 0.471. The maximum atomic E-state index is 3.47. The molecule has 17 heavy (non-hydrogen) atoms. The molecule has 1 N–H and O–H groups in total. The third-order valence-electron chi connectivity index (χ3n) is 4.05. The van der Waals surface area contributed by atoms with Crippen LogP contribution in [0.1, 0.15) is 54.7 Å². The van der Waals surface area contributed by atoms with Crippen LogP contribution in [0, 0.1) is 13.8 Å². The molecule has 0 aromatic heterocycles. The lowest BCUT2D eigenvalue weighted by atomic mass is 9.88. The van der Waals surface area contributed by atoms with Crippen LogP contribution in [0.3, 0.4) is 0 Å². The fourth-order valence-electron chi connectivity index (χ4n) is 3.17. The van der Waals surface area contributed by atoms with Gasteiger partial charge in [-0.25, -0.2) is 0 Å². The maximum Gasteiger partial charge on any atom is 0.00698 e. The Hall–Kier alpha value is -0.820. The fourth-order valence-corrected chi connectivity index (χ4v) is 3.17. The summed E-state index contributed by atoms with van der Waals surface area (Å²) < 4.78 is 0. The zero-order valence-corrected chi connectivity index (χ0v) is 11.4. The van der Waals surface area contributed by atoms with Crippen LogP contribution >= 0.6 is 0 Å². The second-order valence-corrected chi connectivity index (χ2v) is 5.62. The minimum Gasteiger partial charge on any atom is -0.317 e. The van der Waals surface area contributed by atoms with E-state index in [0.29, 0.717) is 6.04 Å². The number of hydrogen-bond donors (Lipinski definition) is 1. The van der Waals surface area contributed by atoms with Crippen LogP contribution in [-0.4, -0.2) is 13.1 Å². The molecular formula is C16H25N. The first-order valence-electron chi connectivity index (χ1n) is 6.94. The van der Waals surface area contributed by atoms with E-state index in [2.05, 4.69) is 44.4 Å². The number of nitrogens with one attached hydrogen (secondary N) is 1. The molecule has 0 aliphatic heterocycles. The predicted octanol–water partition coefficient (Wildman–Crippen LogP) is 3.94. The standard InChI is InChI=1S/C16H25N/c1-12-8-13(2)10-15(9-12)14-6-4-5-7-16(11-14)17-3/h8-10,14,16-17H,4-7,11H2,1-3H3. The molecule has 0 radical (unpaired) electrons. The Morgan fingerprint density at radius 2 is 1.65 bits per heavy atom. The van der Waals surface area contributed by atoms with Gasteiger partial charge in [0, 0.05) is 6.04 Å². The number of rotatable bonds is 2. The summed E-state index contributed by atoms with van der Waals surface area (Å²) in [5, 5.41) is 3.47. The SMILES string of the molecule is CNC1CCCCC(c2cc(C)cc(C)c2)C1. The van der Waals surface area contributed by atoms with Crippen LogP contribution in [0.25, 0.3) is 0 Å². The van der Waals surface area contributed by atoms with Gasteiger partial charge in [0.2, 0.25) is 0 Å². The van der Waals surface area contributed by atoms with Crippen molar-refractivity contribution in [1.82, 2.24) is 5.32 Å². The normalized spacial score (nSPS) is 25.6. The summed E-state index contributed by atoms with van der Waals surface area (Å²) in [6.45, 7) is 4.42. The molecule has 2 unspecified atom stereocenters. The van der Waals surface area contributed by atoms with E-state index in [-0.39, 0.29) is 0 Å². The van der Waals surface area contributed by atoms with Gasteiger partial charge in [-0.15, -0.1) is 0 Å². The monoisotopic (exact) mass is 231 g/mol. The Morgan fingerprint density at radius 3 is 2.29 bits per heavy atom. The van der Waals surface area contributed by atoms with Gasteiger partial charge in [0.05, 0.1) is 0 Å².